The Kier molecular flexibility index (Phi) is 12.1. The van der Waals surface area contributed by atoms with E-state index in [0.717, 1.165) is 17.7 Å². The van der Waals surface area contributed by atoms with E-state index in [9.17, 15) is 38.7 Å². The van der Waals surface area contributed by atoms with Crippen molar-refractivity contribution in [3.05, 3.63) is 106 Å². The van der Waals surface area contributed by atoms with Crippen LogP contribution in [0.25, 0.3) is 16.8 Å². The molecule has 0 spiro atoms. The second kappa shape index (κ2) is 17.5. The summed E-state index contributed by atoms with van der Waals surface area (Å²) in [6.45, 7) is 1.48. The van der Waals surface area contributed by atoms with E-state index in [2.05, 4.69) is 16.0 Å². The van der Waals surface area contributed by atoms with Gasteiger partial charge in [-0.15, -0.1) is 0 Å². The Morgan fingerprint density at radius 2 is 1.64 bits per heavy atom. The fourth-order valence-electron chi connectivity index (χ4n) is 6.48. The van der Waals surface area contributed by atoms with Crippen molar-refractivity contribution in [1.29, 1.82) is 0 Å². The van der Waals surface area contributed by atoms with E-state index < -0.39 is 46.8 Å². The molecule has 3 heterocycles. The number of nitrogens with one attached hydrogen (secondary N) is 3. The fourth-order valence-corrected chi connectivity index (χ4v) is 6.48. The third-order valence-electron chi connectivity index (χ3n) is 9.37. The summed E-state index contributed by atoms with van der Waals surface area (Å²) in [5.41, 5.74) is 0.931. The number of piperidine rings is 1. The van der Waals surface area contributed by atoms with Crippen LogP contribution in [0.5, 0.6) is 11.5 Å². The van der Waals surface area contributed by atoms with Gasteiger partial charge in [0, 0.05) is 37.0 Å². The van der Waals surface area contributed by atoms with Crippen molar-refractivity contribution in [3.63, 3.8) is 0 Å². The minimum atomic E-state index is -1.02. The van der Waals surface area contributed by atoms with Crippen molar-refractivity contribution < 1.29 is 43.0 Å². The normalized spacial score (nSPS) is 15.3. The molecule has 1 aromatic heterocycles. The van der Waals surface area contributed by atoms with Crippen molar-refractivity contribution in [2.24, 2.45) is 0 Å². The van der Waals surface area contributed by atoms with Gasteiger partial charge in [0.25, 0.3) is 11.8 Å². The number of aromatic hydroxyl groups is 1. The van der Waals surface area contributed by atoms with Crippen LogP contribution < -0.4 is 26.3 Å². The molecule has 1 unspecified atom stereocenters. The van der Waals surface area contributed by atoms with Gasteiger partial charge in [-0.25, -0.2) is 4.79 Å². The van der Waals surface area contributed by atoms with Crippen LogP contribution in [0.3, 0.4) is 0 Å². The minimum Gasteiger partial charge on any atom is -0.504 e. The predicted octanol–water partition coefficient (Wildman–Crippen LogP) is 4.74. The third kappa shape index (κ3) is 8.98. The predicted molar refractivity (Wildman–Crippen MR) is 202 cm³/mol. The van der Waals surface area contributed by atoms with Crippen LogP contribution in [-0.2, 0) is 14.4 Å². The Hall–Kier alpha value is -6.57. The molecule has 284 valence electrons. The van der Waals surface area contributed by atoms with Crippen LogP contribution >= 0.6 is 0 Å². The number of nitrogens with zero attached hydrogens (tertiary/aromatic N) is 1. The van der Waals surface area contributed by atoms with Gasteiger partial charge in [-0.3, -0.25) is 39.0 Å². The Labute approximate surface area is 315 Å². The Balaban J connectivity index is 0.832. The highest BCUT2D eigenvalue weighted by Gasteiger charge is 2.45. The van der Waals surface area contributed by atoms with Gasteiger partial charge in [-0.2, -0.15) is 0 Å². The lowest BCUT2D eigenvalue weighted by Crippen LogP contribution is -2.54. The molecule has 2 aliphatic rings. The van der Waals surface area contributed by atoms with Gasteiger partial charge in [-0.05, 0) is 80.5 Å². The largest absolute Gasteiger partial charge is 0.504 e. The van der Waals surface area contributed by atoms with Gasteiger partial charge in [0.1, 0.15) is 11.8 Å². The number of amides is 5. The number of carbonyl (C=O) groups excluding carboxylic acids is 6. The number of carbonyl (C=O) groups is 6. The zero-order valence-corrected chi connectivity index (χ0v) is 29.9. The summed E-state index contributed by atoms with van der Waals surface area (Å²) in [7, 11) is 0. The van der Waals surface area contributed by atoms with Crippen molar-refractivity contribution >= 4 is 57.9 Å². The smallest absolute Gasteiger partial charge is 0.344 e. The van der Waals surface area contributed by atoms with Gasteiger partial charge in [0.05, 0.1) is 23.1 Å². The Morgan fingerprint density at radius 1 is 0.873 bits per heavy atom. The molecule has 1 atom stereocenters. The number of benzene rings is 3. The maximum atomic E-state index is 13.2. The van der Waals surface area contributed by atoms with Crippen molar-refractivity contribution in [1.82, 2.24) is 15.5 Å². The molecule has 3 aromatic carbocycles. The summed E-state index contributed by atoms with van der Waals surface area (Å²) in [6, 6.07) is 17.3. The molecule has 4 aromatic rings. The average Bonchev–Trinajstić information content (AvgIpc) is 3.44. The molecule has 6 rings (SSSR count). The summed E-state index contributed by atoms with van der Waals surface area (Å²) in [5.74, 6) is -3.02. The van der Waals surface area contributed by atoms with Gasteiger partial charge < -0.3 is 24.9 Å². The first-order valence-corrected chi connectivity index (χ1v) is 18.2. The van der Waals surface area contributed by atoms with Gasteiger partial charge in [-0.1, -0.05) is 42.5 Å². The van der Waals surface area contributed by atoms with Gasteiger partial charge >= 0.3 is 5.63 Å². The van der Waals surface area contributed by atoms with E-state index >= 15 is 0 Å². The van der Waals surface area contributed by atoms with Crippen molar-refractivity contribution in [3.8, 4) is 11.5 Å². The molecule has 0 aliphatic carbocycles. The number of unbranched alkanes of at least 4 members (excludes halogenated alkanes) is 3. The highest BCUT2D eigenvalue weighted by Crippen LogP contribution is 2.32. The Bertz CT molecular complexity index is 2230. The molecule has 0 radical (unpaired) electrons. The minimum absolute atomic E-state index is 0.0347. The molecule has 0 saturated carbocycles. The average molecular weight is 749 g/mol. The van der Waals surface area contributed by atoms with Crippen LogP contribution in [0.15, 0.2) is 82.0 Å². The maximum absolute atomic E-state index is 13.2. The second-order valence-corrected chi connectivity index (χ2v) is 13.2. The molecule has 14 nitrogen and oxygen atoms in total. The lowest BCUT2D eigenvalue weighted by Gasteiger charge is -2.27. The zero-order valence-electron chi connectivity index (χ0n) is 29.9. The van der Waals surface area contributed by atoms with Crippen molar-refractivity contribution in [2.75, 3.05) is 25.0 Å². The maximum Gasteiger partial charge on any atom is 0.344 e. The molecule has 0 bridgehead atoms. The molecular formula is C41H40N4O10. The summed E-state index contributed by atoms with van der Waals surface area (Å²) >= 11 is 0. The van der Waals surface area contributed by atoms with E-state index in [4.69, 9.17) is 9.15 Å². The quantitative estimate of drug-likeness (QED) is 0.0503. The molecular weight excluding hydrogens is 708 g/mol. The number of hydrogen-bond donors (Lipinski definition) is 4. The first-order valence-electron chi connectivity index (χ1n) is 18.2. The van der Waals surface area contributed by atoms with Crippen LogP contribution in [-0.4, -0.2) is 71.1 Å². The summed E-state index contributed by atoms with van der Waals surface area (Å²) in [6.07, 6.45) is 7.00. The number of imide groups is 2. The van der Waals surface area contributed by atoms with Crippen molar-refractivity contribution in [2.45, 2.75) is 57.4 Å². The zero-order chi connectivity index (χ0) is 38.9. The fraction of sp³-hybridized carbons (Fsp3) is 0.293. The number of rotatable bonds is 17. The number of anilines is 1. The molecule has 4 N–H and O–H groups in total. The van der Waals surface area contributed by atoms with Crippen LogP contribution in [0.2, 0.25) is 0 Å². The summed E-state index contributed by atoms with van der Waals surface area (Å²) in [4.78, 5) is 88.2. The molecule has 1 fully saturated rings. The van der Waals surface area contributed by atoms with Crippen LogP contribution in [0, 0.1) is 0 Å². The van der Waals surface area contributed by atoms with E-state index in [1.807, 2.05) is 0 Å². The molecule has 2 aliphatic heterocycles. The lowest BCUT2D eigenvalue weighted by molar-refractivity contribution is -0.136. The monoisotopic (exact) mass is 748 g/mol. The van der Waals surface area contributed by atoms with Crippen LogP contribution in [0.1, 0.15) is 88.2 Å². The van der Waals surface area contributed by atoms with Gasteiger partial charge in [0.2, 0.25) is 29.3 Å². The first-order chi connectivity index (χ1) is 26.6. The second-order valence-electron chi connectivity index (χ2n) is 13.2. The van der Waals surface area contributed by atoms with E-state index in [1.54, 1.807) is 66.7 Å². The van der Waals surface area contributed by atoms with E-state index in [1.165, 1.54) is 12.1 Å². The third-order valence-corrected chi connectivity index (χ3v) is 9.37. The summed E-state index contributed by atoms with van der Waals surface area (Å²) < 4.78 is 10.9. The number of fused-ring (bicyclic) bond motifs is 2. The lowest BCUT2D eigenvalue weighted by atomic mass is 10.0. The topological polar surface area (TPSA) is 201 Å². The van der Waals surface area contributed by atoms with E-state index in [-0.39, 0.29) is 46.4 Å². The summed E-state index contributed by atoms with van der Waals surface area (Å²) in [5, 5.41) is 19.2. The number of hydrogen-bond acceptors (Lipinski definition) is 11. The number of ketones is 1. The number of allylic oxidation sites excluding steroid dienone is 1. The van der Waals surface area contributed by atoms with E-state index in [0.29, 0.717) is 62.4 Å². The van der Waals surface area contributed by atoms with Gasteiger partial charge in [0.15, 0.2) is 5.75 Å². The first kappa shape index (κ1) is 38.2. The highest BCUT2D eigenvalue weighted by molar-refractivity contribution is 6.25. The number of ether oxygens (including phenoxy) is 1. The molecule has 55 heavy (non-hydrogen) atoms. The Morgan fingerprint density at radius 3 is 2.42 bits per heavy atom. The molecule has 5 amide bonds. The molecule has 14 heteroatoms. The molecule has 1 saturated heterocycles. The SMILES string of the molecule is O=C(CCCCCOc1ccc(/C=C/C(=O)c2oc(=O)c3ccccc3c2O)cc1)NCCCCNc1cccc2c1C(=O)N(C1CCC(=O)NC1=O)C2=O. The van der Waals surface area contributed by atoms with Crippen LogP contribution in [0.4, 0.5) is 5.69 Å². The standard InChI is InChI=1S/C41H40N4O10/c46-32(37-36(49)27-9-3-4-10-28(27)41(53)55-37)20-16-25-14-17-26(18-15-25)54-24-7-1-2-13-33(47)43-23-6-5-22-42-30-12-8-11-29-35(30)40(52)45(39(29)51)31-19-21-34(48)44-38(31)50/h3-4,8-12,14-18,20,31,42,49H,1-2,5-7,13,19,21-24H2,(H,43,47)(H,44,48,50)/b20-16+. The highest BCUT2D eigenvalue weighted by atomic mass is 16.5.